The normalized spacial score (nSPS) is 12.7. The van der Waals surface area contributed by atoms with Gasteiger partial charge in [-0.05, 0) is 39.0 Å². The van der Waals surface area contributed by atoms with Gasteiger partial charge in [0, 0.05) is 32.1 Å². The first-order valence-electron chi connectivity index (χ1n) is 17.5. The summed E-state index contributed by atoms with van der Waals surface area (Å²) in [5.41, 5.74) is 0. The highest BCUT2D eigenvalue weighted by molar-refractivity contribution is 5.87. The number of carboxylic acid groups (broad SMARTS) is 4. The molecule has 15 heteroatoms. The number of amides is 3. The van der Waals surface area contributed by atoms with Crippen LogP contribution in [0.4, 0.5) is 0 Å². The third kappa shape index (κ3) is 26.6. The summed E-state index contributed by atoms with van der Waals surface area (Å²) in [6.45, 7) is 1.28. The predicted molar refractivity (Wildman–Crippen MR) is 179 cm³/mol. The summed E-state index contributed by atoms with van der Waals surface area (Å²) in [5, 5.41) is 43.6. The number of hydrogen-bond acceptors (Lipinski definition) is 8. The first kappa shape index (κ1) is 45.0. The summed E-state index contributed by atoms with van der Waals surface area (Å²) in [5.74, 6) is -7.11. The highest BCUT2D eigenvalue weighted by Crippen LogP contribution is 2.14. The minimum atomic E-state index is -1.49. The van der Waals surface area contributed by atoms with Crippen LogP contribution in [0.3, 0.4) is 0 Å². The predicted octanol–water partition coefficient (Wildman–Crippen LogP) is 3.95. The Labute approximate surface area is 288 Å². The maximum Gasteiger partial charge on any atom is 0.326 e. The summed E-state index contributed by atoms with van der Waals surface area (Å²) in [7, 11) is 0. The van der Waals surface area contributed by atoms with Crippen molar-refractivity contribution < 1.29 is 58.8 Å². The molecule has 280 valence electrons. The van der Waals surface area contributed by atoms with E-state index < -0.39 is 72.6 Å². The molecule has 7 N–H and O–H groups in total. The monoisotopic (exact) mass is 699 g/mol. The van der Waals surface area contributed by atoms with Gasteiger partial charge in [0.15, 0.2) is 0 Å². The lowest BCUT2D eigenvalue weighted by Crippen LogP contribution is -2.45. The second-order valence-electron chi connectivity index (χ2n) is 12.5. The number of rotatable bonds is 32. The molecular formula is C34H57N3O12. The number of carboxylic acids is 4. The maximum atomic E-state index is 12.4. The summed E-state index contributed by atoms with van der Waals surface area (Å²) < 4.78 is 0. The molecule has 0 aliphatic heterocycles. The van der Waals surface area contributed by atoms with Crippen LogP contribution < -0.4 is 16.0 Å². The van der Waals surface area contributed by atoms with Crippen LogP contribution in [0, 0.1) is 0 Å². The molecule has 0 aromatic heterocycles. The molecule has 2 unspecified atom stereocenters. The van der Waals surface area contributed by atoms with E-state index in [-0.39, 0.29) is 44.3 Å². The van der Waals surface area contributed by atoms with Gasteiger partial charge in [-0.1, -0.05) is 77.0 Å². The molecule has 0 aromatic rings. The van der Waals surface area contributed by atoms with Crippen molar-refractivity contribution in [2.45, 2.75) is 166 Å². The molecule has 0 bridgehead atoms. The fourth-order valence-corrected chi connectivity index (χ4v) is 5.15. The van der Waals surface area contributed by atoms with Crippen molar-refractivity contribution in [3.8, 4) is 0 Å². The first-order chi connectivity index (χ1) is 23.2. The number of hydrogen-bond donors (Lipinski definition) is 7. The smallest absolute Gasteiger partial charge is 0.326 e. The molecule has 0 heterocycles. The zero-order chi connectivity index (χ0) is 37.0. The molecule has 0 saturated heterocycles. The van der Waals surface area contributed by atoms with Crippen LogP contribution in [0.1, 0.15) is 148 Å². The average Bonchev–Trinajstić information content (AvgIpc) is 3.02. The minimum absolute atomic E-state index is 0.0621. The van der Waals surface area contributed by atoms with E-state index in [2.05, 4.69) is 16.0 Å². The van der Waals surface area contributed by atoms with Crippen LogP contribution in [0.2, 0.25) is 0 Å². The third-order valence-corrected chi connectivity index (χ3v) is 8.05. The van der Waals surface area contributed by atoms with Crippen molar-refractivity contribution in [3.05, 3.63) is 0 Å². The van der Waals surface area contributed by atoms with Gasteiger partial charge >= 0.3 is 23.9 Å². The Morgan fingerprint density at radius 1 is 0.388 bits per heavy atom. The summed E-state index contributed by atoms with van der Waals surface area (Å²) >= 11 is 0. The lowest BCUT2D eigenvalue weighted by atomic mass is 10.0. The molecule has 49 heavy (non-hydrogen) atoms. The molecule has 0 fully saturated rings. The van der Waals surface area contributed by atoms with Crippen LogP contribution in [0.5, 0.6) is 0 Å². The summed E-state index contributed by atoms with van der Waals surface area (Å²) in [6.07, 6.45) is 13.2. The molecule has 0 aliphatic rings. The van der Waals surface area contributed by atoms with Crippen LogP contribution in [0.25, 0.3) is 0 Å². The largest absolute Gasteiger partial charge is 0.481 e. The van der Waals surface area contributed by atoms with E-state index in [1.165, 1.54) is 32.6 Å². The number of aliphatic carboxylic acids is 4. The number of nitrogens with one attached hydrogen (secondary N) is 3. The first-order valence-corrected chi connectivity index (χ1v) is 17.5. The lowest BCUT2D eigenvalue weighted by molar-refractivity contribution is -0.144. The van der Waals surface area contributed by atoms with Crippen molar-refractivity contribution in [1.82, 2.24) is 16.0 Å². The van der Waals surface area contributed by atoms with Crippen molar-refractivity contribution >= 4 is 47.4 Å². The molecule has 15 nitrogen and oxygen atoms in total. The highest BCUT2D eigenvalue weighted by atomic mass is 16.4. The Hall–Kier alpha value is -4.04. The Morgan fingerprint density at radius 3 is 0.939 bits per heavy atom. The Bertz CT molecular complexity index is 1070. The van der Waals surface area contributed by atoms with Crippen LogP contribution in [-0.2, 0) is 38.4 Å². The molecule has 0 spiro atoms. The Kier molecular flexibility index (Phi) is 25.6. The number of unbranched alkanes of at least 4 members (excludes halogenated alkanes) is 13. The van der Waals surface area contributed by atoms with Gasteiger partial charge in [0.25, 0.3) is 0 Å². The van der Waals surface area contributed by atoms with E-state index in [4.69, 9.17) is 5.11 Å². The molecule has 0 radical (unpaired) electrons. The number of carbonyl (C=O) groups excluding carboxylic acids is 4. The van der Waals surface area contributed by atoms with Crippen molar-refractivity contribution in [2.24, 2.45) is 0 Å². The summed E-state index contributed by atoms with van der Waals surface area (Å²) in [4.78, 5) is 93.0. The van der Waals surface area contributed by atoms with Gasteiger partial charge < -0.3 is 41.2 Å². The molecule has 3 atom stereocenters. The number of carbonyl (C=O) groups is 8. The summed E-state index contributed by atoms with van der Waals surface area (Å²) in [6, 6.07) is -4.15. The standard InChI is InChI=1S/C34H57N3O12/c1-24(38)18-19-25(32(44)45)36-29(40)23-21-27(34(48)49)37-30(41)22-20-26(33(46)47)35-28(39)16-14-12-10-8-6-4-2-3-5-7-9-11-13-15-17-31(42)43/h25-27H,2-23H2,1H3,(H,35,39)(H,36,40)(H,37,41)(H,42,43)(H,44,45)(H,46,47)(H,48,49)/t25?,26?,27-/m0/s1. The van der Waals surface area contributed by atoms with Gasteiger partial charge in [0.05, 0.1) is 0 Å². The van der Waals surface area contributed by atoms with Gasteiger partial charge in [-0.3, -0.25) is 19.2 Å². The van der Waals surface area contributed by atoms with Crippen LogP contribution in [-0.4, -0.2) is 85.9 Å². The van der Waals surface area contributed by atoms with Crippen molar-refractivity contribution in [3.63, 3.8) is 0 Å². The average molecular weight is 700 g/mol. The molecule has 0 aliphatic carbocycles. The minimum Gasteiger partial charge on any atom is -0.481 e. The van der Waals surface area contributed by atoms with Gasteiger partial charge in [0.1, 0.15) is 23.9 Å². The molecule has 3 amide bonds. The fraction of sp³-hybridized carbons (Fsp3) is 0.765. The highest BCUT2D eigenvalue weighted by Gasteiger charge is 2.26. The zero-order valence-corrected chi connectivity index (χ0v) is 28.8. The van der Waals surface area contributed by atoms with Crippen molar-refractivity contribution in [2.75, 3.05) is 0 Å². The molecule has 0 saturated carbocycles. The lowest BCUT2D eigenvalue weighted by Gasteiger charge is -2.18. The van der Waals surface area contributed by atoms with E-state index in [1.807, 2.05) is 0 Å². The topological polar surface area (TPSA) is 254 Å². The maximum absolute atomic E-state index is 12.4. The second-order valence-corrected chi connectivity index (χ2v) is 12.5. The molecule has 0 rings (SSSR count). The van der Waals surface area contributed by atoms with Gasteiger partial charge in [-0.2, -0.15) is 0 Å². The number of ketones is 1. The van der Waals surface area contributed by atoms with Gasteiger partial charge in [-0.25, -0.2) is 14.4 Å². The second kappa shape index (κ2) is 27.9. The third-order valence-electron chi connectivity index (χ3n) is 8.05. The zero-order valence-electron chi connectivity index (χ0n) is 28.8. The van der Waals surface area contributed by atoms with Gasteiger partial charge in [-0.15, -0.1) is 0 Å². The van der Waals surface area contributed by atoms with E-state index in [1.54, 1.807) is 0 Å². The van der Waals surface area contributed by atoms with Crippen LogP contribution in [0.15, 0.2) is 0 Å². The van der Waals surface area contributed by atoms with Gasteiger partial charge in [0.2, 0.25) is 17.7 Å². The van der Waals surface area contributed by atoms with E-state index in [0.29, 0.717) is 6.42 Å². The van der Waals surface area contributed by atoms with E-state index >= 15 is 0 Å². The molecular weight excluding hydrogens is 642 g/mol. The molecule has 0 aromatic carbocycles. The van der Waals surface area contributed by atoms with Crippen LogP contribution >= 0.6 is 0 Å². The van der Waals surface area contributed by atoms with E-state index in [9.17, 15) is 53.7 Å². The number of Topliss-reactive ketones (excluding diaryl/α,β-unsaturated/α-hetero) is 1. The fourth-order valence-electron chi connectivity index (χ4n) is 5.15. The Balaban J connectivity index is 4.21. The van der Waals surface area contributed by atoms with Crippen molar-refractivity contribution in [1.29, 1.82) is 0 Å². The van der Waals surface area contributed by atoms with E-state index in [0.717, 1.165) is 57.8 Å². The Morgan fingerprint density at radius 2 is 0.653 bits per heavy atom. The SMILES string of the molecule is CC(=O)CCC(NC(=O)CC[C@H](NC(=O)CCC(NC(=O)CCCCCCCCCCCCCCCCC(=O)O)C(=O)O)C(=O)O)C(=O)O. The quantitative estimate of drug-likeness (QED) is 0.0493.